The van der Waals surface area contributed by atoms with E-state index in [2.05, 4.69) is 0 Å². The van der Waals surface area contributed by atoms with Gasteiger partial charge < -0.3 is 5.11 Å². The van der Waals surface area contributed by atoms with E-state index in [1.54, 1.807) is 6.92 Å². The zero-order chi connectivity index (χ0) is 10.0. The molecule has 2 nitrogen and oxygen atoms in total. The molecule has 0 fully saturated rings. The van der Waals surface area contributed by atoms with Crippen LogP contribution in [0.15, 0.2) is 12.1 Å². The average molecular weight is 199 g/mol. The van der Waals surface area contributed by atoms with Crippen molar-refractivity contribution >= 4 is 17.4 Å². The number of hydrogen-bond acceptors (Lipinski definition) is 2. The third-order valence-electron chi connectivity index (χ3n) is 1.75. The number of halogens is 1. The Bertz CT molecular complexity index is 322. The number of carbonyl (C=O) groups is 1. The molecule has 3 heteroatoms. The number of carbonyl (C=O) groups excluding carboxylic acids is 1. The summed E-state index contributed by atoms with van der Waals surface area (Å²) in [4.78, 5) is 10.8. The zero-order valence-electron chi connectivity index (χ0n) is 7.60. The molecule has 0 radical (unpaired) electrons. The molecule has 0 aliphatic rings. The number of phenolic OH excluding ortho intramolecular Hbond substituents is 1. The minimum absolute atomic E-state index is 0.0397. The maximum Gasteiger partial charge on any atom is 0.134 e. The summed E-state index contributed by atoms with van der Waals surface area (Å²) >= 11 is 5.75. The van der Waals surface area contributed by atoms with Crippen LogP contribution in [0.25, 0.3) is 0 Å². The summed E-state index contributed by atoms with van der Waals surface area (Å²) < 4.78 is 0. The van der Waals surface area contributed by atoms with E-state index in [9.17, 15) is 9.90 Å². The Balaban J connectivity index is 3.06. The van der Waals surface area contributed by atoms with Crippen LogP contribution in [-0.2, 0) is 11.2 Å². The number of rotatable bonds is 2. The Morgan fingerprint density at radius 1 is 1.54 bits per heavy atom. The first-order valence-electron chi connectivity index (χ1n) is 3.98. The van der Waals surface area contributed by atoms with Crippen LogP contribution < -0.4 is 0 Å². The largest absolute Gasteiger partial charge is 0.506 e. The van der Waals surface area contributed by atoms with Crippen molar-refractivity contribution in [3.8, 4) is 5.75 Å². The quantitative estimate of drug-likeness (QED) is 0.793. The van der Waals surface area contributed by atoms with Crippen molar-refractivity contribution in [3.63, 3.8) is 0 Å². The van der Waals surface area contributed by atoms with Crippen molar-refractivity contribution in [1.29, 1.82) is 0 Å². The number of phenols is 1. The van der Waals surface area contributed by atoms with E-state index in [-0.39, 0.29) is 11.5 Å². The Morgan fingerprint density at radius 2 is 2.15 bits per heavy atom. The molecule has 13 heavy (non-hydrogen) atoms. The lowest BCUT2D eigenvalue weighted by Crippen LogP contribution is -1.96. The van der Waals surface area contributed by atoms with Crippen LogP contribution >= 0.6 is 11.6 Å². The van der Waals surface area contributed by atoms with Crippen LogP contribution in [-0.4, -0.2) is 10.9 Å². The molecular formula is C10H11ClO2. The lowest BCUT2D eigenvalue weighted by atomic mass is 10.1. The van der Waals surface area contributed by atoms with Crippen molar-refractivity contribution in [2.24, 2.45) is 0 Å². The maximum atomic E-state index is 10.8. The molecule has 0 amide bonds. The second-order valence-electron chi connectivity index (χ2n) is 3.12. The molecule has 1 aromatic rings. The van der Waals surface area contributed by atoms with E-state index in [0.29, 0.717) is 11.4 Å². The lowest BCUT2D eigenvalue weighted by molar-refractivity contribution is -0.116. The van der Waals surface area contributed by atoms with Crippen molar-refractivity contribution in [1.82, 2.24) is 0 Å². The molecule has 0 atom stereocenters. The average Bonchev–Trinajstić information content (AvgIpc) is 1.98. The predicted molar refractivity (Wildman–Crippen MR) is 52.2 cm³/mol. The number of benzene rings is 1. The molecule has 0 bridgehead atoms. The number of ketones is 1. The first kappa shape index (κ1) is 10.1. The molecule has 1 N–H and O–H groups in total. The first-order chi connectivity index (χ1) is 6.00. The van der Waals surface area contributed by atoms with Crippen molar-refractivity contribution < 1.29 is 9.90 Å². The Hall–Kier alpha value is -1.02. The SMILES string of the molecule is CC(=O)Cc1cc(C)c(Cl)c(O)c1. The van der Waals surface area contributed by atoms with Gasteiger partial charge >= 0.3 is 0 Å². The van der Waals surface area contributed by atoms with E-state index in [1.807, 2.05) is 6.07 Å². The monoisotopic (exact) mass is 198 g/mol. The fraction of sp³-hybridized carbons (Fsp3) is 0.300. The van der Waals surface area contributed by atoms with Gasteiger partial charge in [0.1, 0.15) is 11.5 Å². The summed E-state index contributed by atoms with van der Waals surface area (Å²) in [5.74, 6) is 0.110. The standard InChI is InChI=1S/C10H11ClO2/c1-6-3-8(4-7(2)12)5-9(13)10(6)11/h3,5,13H,4H2,1-2H3. The van der Waals surface area contributed by atoms with E-state index in [0.717, 1.165) is 11.1 Å². The molecule has 0 aromatic heterocycles. The first-order valence-corrected chi connectivity index (χ1v) is 4.36. The summed E-state index contributed by atoms with van der Waals surface area (Å²) in [7, 11) is 0. The van der Waals surface area contributed by atoms with Crippen LogP contribution in [0.5, 0.6) is 5.75 Å². The molecule has 0 saturated heterocycles. The van der Waals surface area contributed by atoms with E-state index < -0.39 is 0 Å². The minimum Gasteiger partial charge on any atom is -0.506 e. The van der Waals surface area contributed by atoms with Gasteiger partial charge in [0.25, 0.3) is 0 Å². The fourth-order valence-electron chi connectivity index (χ4n) is 1.21. The highest BCUT2D eigenvalue weighted by Crippen LogP contribution is 2.28. The van der Waals surface area contributed by atoms with Crippen LogP contribution in [0, 0.1) is 6.92 Å². The predicted octanol–water partition coefficient (Wildman–Crippen LogP) is 2.49. The van der Waals surface area contributed by atoms with Gasteiger partial charge in [-0.15, -0.1) is 0 Å². The Morgan fingerprint density at radius 3 is 2.62 bits per heavy atom. The molecule has 1 rings (SSSR count). The molecule has 0 heterocycles. The minimum atomic E-state index is 0.0397. The zero-order valence-corrected chi connectivity index (χ0v) is 8.35. The van der Waals surface area contributed by atoms with Crippen LogP contribution in [0.4, 0.5) is 0 Å². The van der Waals surface area contributed by atoms with Gasteiger partial charge in [0.15, 0.2) is 0 Å². The highest BCUT2D eigenvalue weighted by molar-refractivity contribution is 6.32. The van der Waals surface area contributed by atoms with Gasteiger partial charge in [-0.25, -0.2) is 0 Å². The normalized spacial score (nSPS) is 10.1. The molecular weight excluding hydrogens is 188 g/mol. The summed E-state index contributed by atoms with van der Waals surface area (Å²) in [5, 5.41) is 9.70. The molecule has 0 spiro atoms. The van der Waals surface area contributed by atoms with Crippen LogP contribution in [0.3, 0.4) is 0 Å². The van der Waals surface area contributed by atoms with Crippen molar-refractivity contribution in [2.75, 3.05) is 0 Å². The summed E-state index contributed by atoms with van der Waals surface area (Å²) in [6.45, 7) is 3.31. The van der Waals surface area contributed by atoms with Gasteiger partial charge in [-0.1, -0.05) is 17.7 Å². The summed E-state index contributed by atoms with van der Waals surface area (Å²) in [6.07, 6.45) is 0.339. The highest BCUT2D eigenvalue weighted by atomic mass is 35.5. The number of Topliss-reactive ketones (excluding diaryl/α,β-unsaturated/α-hetero) is 1. The Labute approximate surface area is 82.2 Å². The molecule has 0 unspecified atom stereocenters. The van der Waals surface area contributed by atoms with E-state index in [4.69, 9.17) is 11.6 Å². The van der Waals surface area contributed by atoms with Gasteiger partial charge in [-0.3, -0.25) is 4.79 Å². The maximum absolute atomic E-state index is 10.8. The van der Waals surface area contributed by atoms with Gasteiger partial charge in [0.2, 0.25) is 0 Å². The molecule has 0 saturated carbocycles. The van der Waals surface area contributed by atoms with Crippen LogP contribution in [0.2, 0.25) is 5.02 Å². The van der Waals surface area contributed by atoms with Crippen molar-refractivity contribution in [2.45, 2.75) is 20.3 Å². The van der Waals surface area contributed by atoms with Crippen LogP contribution in [0.1, 0.15) is 18.1 Å². The van der Waals surface area contributed by atoms with E-state index >= 15 is 0 Å². The van der Waals surface area contributed by atoms with E-state index in [1.165, 1.54) is 13.0 Å². The lowest BCUT2D eigenvalue weighted by Gasteiger charge is -2.04. The molecule has 70 valence electrons. The van der Waals surface area contributed by atoms with Gasteiger partial charge in [0, 0.05) is 6.42 Å². The highest BCUT2D eigenvalue weighted by Gasteiger charge is 2.05. The third kappa shape index (κ3) is 2.46. The number of aryl methyl sites for hydroxylation is 1. The summed E-state index contributed by atoms with van der Waals surface area (Å²) in [6, 6.07) is 3.33. The Kier molecular flexibility index (Phi) is 2.94. The van der Waals surface area contributed by atoms with Gasteiger partial charge in [0.05, 0.1) is 5.02 Å². The fourth-order valence-corrected chi connectivity index (χ4v) is 1.32. The van der Waals surface area contributed by atoms with Crippen molar-refractivity contribution in [3.05, 3.63) is 28.3 Å². The number of hydrogen-bond donors (Lipinski definition) is 1. The molecule has 1 aromatic carbocycles. The second kappa shape index (κ2) is 3.79. The summed E-state index contributed by atoms with van der Waals surface area (Å²) in [5.41, 5.74) is 1.59. The smallest absolute Gasteiger partial charge is 0.134 e. The third-order valence-corrected chi connectivity index (χ3v) is 2.24. The van der Waals surface area contributed by atoms with Gasteiger partial charge in [-0.05, 0) is 31.0 Å². The van der Waals surface area contributed by atoms with Gasteiger partial charge in [-0.2, -0.15) is 0 Å². The molecule has 0 aliphatic carbocycles. The molecule has 0 aliphatic heterocycles. The number of aromatic hydroxyl groups is 1. The second-order valence-corrected chi connectivity index (χ2v) is 3.50. The topological polar surface area (TPSA) is 37.3 Å².